The summed E-state index contributed by atoms with van der Waals surface area (Å²) in [5.41, 5.74) is 6.28. The third-order valence-corrected chi connectivity index (χ3v) is 3.75. The second kappa shape index (κ2) is 9.68. The van der Waals surface area contributed by atoms with Crippen molar-refractivity contribution >= 4 is 11.5 Å². The van der Waals surface area contributed by atoms with E-state index in [0.29, 0.717) is 23.3 Å². The summed E-state index contributed by atoms with van der Waals surface area (Å²) in [6, 6.07) is 8.49. The molecule has 0 atom stereocenters. The number of benzene rings is 2. The van der Waals surface area contributed by atoms with E-state index < -0.39 is 17.5 Å². The third-order valence-electron chi connectivity index (χ3n) is 3.75. The second-order valence-corrected chi connectivity index (χ2v) is 5.81. The number of ether oxygens (including phenoxy) is 2. The molecule has 0 bridgehead atoms. The summed E-state index contributed by atoms with van der Waals surface area (Å²) in [6.07, 6.45) is 1.68. The molecule has 2 aromatic rings. The number of nitrogens with two attached hydrogens (primary N) is 1. The molecule has 0 aliphatic rings. The van der Waals surface area contributed by atoms with Gasteiger partial charge in [0.1, 0.15) is 18.2 Å². The Morgan fingerprint density at radius 1 is 1.15 bits per heavy atom. The SMILES string of the molecule is C/C(=C/C(N)=O)c1ccc(OCc2c(F)cccc2F)c(OCCCO)c1. The minimum absolute atomic E-state index is 0.0447. The number of aliphatic hydroxyl groups is 1. The number of allylic oxidation sites excluding steroid dienone is 1. The van der Waals surface area contributed by atoms with Crippen LogP contribution in [-0.2, 0) is 11.4 Å². The fourth-order valence-corrected chi connectivity index (χ4v) is 2.35. The highest BCUT2D eigenvalue weighted by atomic mass is 19.1. The zero-order valence-corrected chi connectivity index (χ0v) is 14.9. The summed E-state index contributed by atoms with van der Waals surface area (Å²) in [4.78, 5) is 11.1. The van der Waals surface area contributed by atoms with Crippen molar-refractivity contribution in [2.75, 3.05) is 13.2 Å². The van der Waals surface area contributed by atoms with E-state index in [1.165, 1.54) is 12.1 Å². The standard InChI is InChI=1S/C20H21F2NO4/c1-13(10-20(23)25)14-6-7-18(19(11-14)26-9-3-8-24)27-12-15-16(21)4-2-5-17(15)22/h2,4-7,10-11,24H,3,8-9,12H2,1H3,(H2,23,25)/b13-10-. The van der Waals surface area contributed by atoms with Crippen LogP contribution in [0.1, 0.15) is 24.5 Å². The van der Waals surface area contributed by atoms with Crippen LogP contribution in [0.3, 0.4) is 0 Å². The maximum atomic E-state index is 13.8. The van der Waals surface area contributed by atoms with E-state index in [-0.39, 0.29) is 31.1 Å². The minimum atomic E-state index is -0.699. The van der Waals surface area contributed by atoms with Gasteiger partial charge in [0.05, 0.1) is 12.2 Å². The molecule has 0 fully saturated rings. The van der Waals surface area contributed by atoms with E-state index in [9.17, 15) is 13.6 Å². The molecule has 0 aliphatic carbocycles. The fourth-order valence-electron chi connectivity index (χ4n) is 2.35. The van der Waals surface area contributed by atoms with Crippen LogP contribution >= 0.6 is 0 Å². The number of carbonyl (C=O) groups excluding carboxylic acids is 1. The van der Waals surface area contributed by atoms with Gasteiger partial charge in [0.15, 0.2) is 11.5 Å². The maximum absolute atomic E-state index is 13.8. The van der Waals surface area contributed by atoms with Gasteiger partial charge in [-0.3, -0.25) is 4.79 Å². The average Bonchev–Trinajstić information content (AvgIpc) is 2.61. The van der Waals surface area contributed by atoms with E-state index in [4.69, 9.17) is 20.3 Å². The fraction of sp³-hybridized carbons (Fsp3) is 0.250. The summed E-state index contributed by atoms with van der Waals surface area (Å²) < 4.78 is 38.7. The van der Waals surface area contributed by atoms with Gasteiger partial charge >= 0.3 is 0 Å². The van der Waals surface area contributed by atoms with E-state index in [1.807, 2.05) is 0 Å². The normalized spacial score (nSPS) is 11.3. The first-order valence-electron chi connectivity index (χ1n) is 8.34. The number of rotatable bonds is 9. The van der Waals surface area contributed by atoms with Crippen LogP contribution in [0.5, 0.6) is 11.5 Å². The molecule has 0 aliphatic heterocycles. The summed E-state index contributed by atoms with van der Waals surface area (Å²) in [5, 5.41) is 8.91. The van der Waals surface area contributed by atoms with Gasteiger partial charge in [0.25, 0.3) is 0 Å². The van der Waals surface area contributed by atoms with E-state index in [1.54, 1.807) is 25.1 Å². The number of hydrogen-bond acceptors (Lipinski definition) is 4. The van der Waals surface area contributed by atoms with E-state index in [0.717, 1.165) is 12.1 Å². The largest absolute Gasteiger partial charge is 0.490 e. The molecule has 2 rings (SSSR count). The van der Waals surface area contributed by atoms with Crippen LogP contribution in [0.2, 0.25) is 0 Å². The summed E-state index contributed by atoms with van der Waals surface area (Å²) >= 11 is 0. The van der Waals surface area contributed by atoms with Crippen LogP contribution < -0.4 is 15.2 Å². The molecule has 0 spiro atoms. The number of aliphatic hydroxyl groups excluding tert-OH is 1. The zero-order valence-electron chi connectivity index (χ0n) is 14.9. The third kappa shape index (κ3) is 5.79. The van der Waals surface area contributed by atoms with Gasteiger partial charge < -0.3 is 20.3 Å². The molecule has 5 nitrogen and oxygen atoms in total. The number of carbonyl (C=O) groups is 1. The predicted octanol–water partition coefficient (Wildman–Crippen LogP) is 3.19. The van der Waals surface area contributed by atoms with Crippen LogP contribution in [0.4, 0.5) is 8.78 Å². The lowest BCUT2D eigenvalue weighted by Crippen LogP contribution is -2.07. The monoisotopic (exact) mass is 377 g/mol. The Bertz CT molecular complexity index is 816. The van der Waals surface area contributed by atoms with Crippen LogP contribution in [0, 0.1) is 11.6 Å². The van der Waals surface area contributed by atoms with E-state index >= 15 is 0 Å². The minimum Gasteiger partial charge on any atom is -0.490 e. The topological polar surface area (TPSA) is 81.8 Å². The lowest BCUT2D eigenvalue weighted by Gasteiger charge is -2.15. The number of amides is 1. The second-order valence-electron chi connectivity index (χ2n) is 5.81. The Morgan fingerprint density at radius 3 is 2.48 bits per heavy atom. The molecule has 1 amide bonds. The van der Waals surface area contributed by atoms with Gasteiger partial charge in [0, 0.05) is 19.1 Å². The van der Waals surface area contributed by atoms with Crippen molar-refractivity contribution in [1.29, 1.82) is 0 Å². The van der Waals surface area contributed by atoms with Crippen molar-refractivity contribution < 1.29 is 28.2 Å². The van der Waals surface area contributed by atoms with Gasteiger partial charge in [-0.25, -0.2) is 8.78 Å². The van der Waals surface area contributed by atoms with Crippen LogP contribution in [0.25, 0.3) is 5.57 Å². The van der Waals surface area contributed by atoms with Crippen molar-refractivity contribution in [1.82, 2.24) is 0 Å². The number of hydrogen-bond donors (Lipinski definition) is 2. The quantitative estimate of drug-likeness (QED) is 0.519. The zero-order chi connectivity index (χ0) is 19.8. The van der Waals surface area contributed by atoms with Gasteiger partial charge in [-0.2, -0.15) is 0 Å². The molecule has 0 heterocycles. The molecule has 3 N–H and O–H groups in total. The van der Waals surface area contributed by atoms with Gasteiger partial charge in [-0.15, -0.1) is 0 Å². The first kappa shape index (κ1) is 20.4. The summed E-state index contributed by atoms with van der Waals surface area (Å²) in [5.74, 6) is -1.36. The Kier molecular flexibility index (Phi) is 7.31. The molecular weight excluding hydrogens is 356 g/mol. The van der Waals surface area contributed by atoms with Crippen molar-refractivity contribution in [2.45, 2.75) is 20.0 Å². The highest BCUT2D eigenvalue weighted by molar-refractivity contribution is 5.93. The Hall–Kier alpha value is -2.93. The molecule has 0 unspecified atom stereocenters. The van der Waals surface area contributed by atoms with Crippen molar-refractivity contribution in [2.24, 2.45) is 5.73 Å². The van der Waals surface area contributed by atoms with Crippen LogP contribution in [0.15, 0.2) is 42.5 Å². The molecule has 144 valence electrons. The van der Waals surface area contributed by atoms with Gasteiger partial charge in [-0.1, -0.05) is 12.1 Å². The molecule has 27 heavy (non-hydrogen) atoms. The molecule has 0 radical (unpaired) electrons. The smallest absolute Gasteiger partial charge is 0.241 e. The average molecular weight is 377 g/mol. The predicted molar refractivity (Wildman–Crippen MR) is 97.2 cm³/mol. The van der Waals surface area contributed by atoms with Crippen molar-refractivity contribution in [3.63, 3.8) is 0 Å². The highest BCUT2D eigenvalue weighted by Crippen LogP contribution is 2.32. The van der Waals surface area contributed by atoms with Crippen molar-refractivity contribution in [3.8, 4) is 11.5 Å². The van der Waals surface area contributed by atoms with Gasteiger partial charge in [-0.05, 0) is 42.3 Å². The molecular formula is C20H21F2NO4. The first-order valence-corrected chi connectivity index (χ1v) is 8.34. The molecule has 2 aromatic carbocycles. The van der Waals surface area contributed by atoms with Crippen LogP contribution in [-0.4, -0.2) is 24.2 Å². The summed E-state index contributed by atoms with van der Waals surface area (Å²) in [6.45, 7) is 1.58. The first-order chi connectivity index (χ1) is 12.9. The number of halogens is 2. The van der Waals surface area contributed by atoms with E-state index in [2.05, 4.69) is 0 Å². The lowest BCUT2D eigenvalue weighted by molar-refractivity contribution is -0.113. The Labute approximate surface area is 156 Å². The Morgan fingerprint density at radius 2 is 1.85 bits per heavy atom. The lowest BCUT2D eigenvalue weighted by atomic mass is 10.1. The molecule has 0 saturated carbocycles. The molecule has 0 saturated heterocycles. The highest BCUT2D eigenvalue weighted by Gasteiger charge is 2.13. The molecule has 7 heteroatoms. The maximum Gasteiger partial charge on any atom is 0.241 e. The van der Waals surface area contributed by atoms with Crippen molar-refractivity contribution in [3.05, 3.63) is 65.2 Å². The molecule has 0 aromatic heterocycles. The summed E-state index contributed by atoms with van der Waals surface area (Å²) in [7, 11) is 0. The van der Waals surface area contributed by atoms with Gasteiger partial charge in [0.2, 0.25) is 5.91 Å². The number of primary amides is 1. The Balaban J connectivity index is 2.26.